The van der Waals surface area contributed by atoms with Gasteiger partial charge in [-0.3, -0.25) is 14.6 Å². The average molecular weight is 435 g/mol. The Morgan fingerprint density at radius 2 is 1.84 bits per heavy atom. The number of pyridine rings is 2. The topological polar surface area (TPSA) is 73.2 Å². The first kappa shape index (κ1) is 21.8. The van der Waals surface area contributed by atoms with Gasteiger partial charge in [0.25, 0.3) is 5.91 Å². The largest absolute Gasteiger partial charge is 0.354 e. The molecule has 0 aromatic carbocycles. The van der Waals surface area contributed by atoms with E-state index in [1.165, 1.54) is 0 Å². The number of carbonyl (C=O) groups excluding carboxylic acids is 2. The summed E-state index contributed by atoms with van der Waals surface area (Å²) in [6, 6.07) is 11.9. The van der Waals surface area contributed by atoms with Crippen LogP contribution in [0.4, 0.5) is 5.82 Å². The molecule has 0 saturated carbocycles. The first-order valence-electron chi connectivity index (χ1n) is 11.0. The summed E-state index contributed by atoms with van der Waals surface area (Å²) in [6.45, 7) is 3.94. The van der Waals surface area contributed by atoms with Crippen LogP contribution >= 0.6 is 0 Å². The van der Waals surface area contributed by atoms with E-state index in [1.807, 2.05) is 60.6 Å². The predicted molar refractivity (Wildman–Crippen MR) is 125 cm³/mol. The maximum Gasteiger partial charge on any atom is 0.252 e. The predicted octanol–water partition coefficient (Wildman–Crippen LogP) is 1.52. The molecular formula is C24H30N6O2. The summed E-state index contributed by atoms with van der Waals surface area (Å²) in [7, 11) is 3.82. The standard InChI is InChI=1S/C24H30N6O2/c1-27(2)18-23(31)29-14-12-28(13-15-29)22-8-7-21-6-5-20(17-30(21)22)24(32)26-11-9-19-4-3-10-25-16-19/h3-8,10,16-17H,9,11-15,18H2,1-2H3,(H,26,32). The van der Waals surface area contributed by atoms with E-state index in [4.69, 9.17) is 0 Å². The third-order valence-electron chi connectivity index (χ3n) is 5.72. The lowest BCUT2D eigenvalue weighted by Gasteiger charge is -2.36. The summed E-state index contributed by atoms with van der Waals surface area (Å²) in [5, 5.41) is 3.00. The van der Waals surface area contributed by atoms with Gasteiger partial charge >= 0.3 is 0 Å². The fourth-order valence-corrected chi connectivity index (χ4v) is 4.00. The lowest BCUT2D eigenvalue weighted by molar-refractivity contribution is -0.132. The minimum Gasteiger partial charge on any atom is -0.354 e. The third-order valence-corrected chi connectivity index (χ3v) is 5.72. The summed E-state index contributed by atoms with van der Waals surface area (Å²) in [6.07, 6.45) is 6.20. The second-order valence-corrected chi connectivity index (χ2v) is 8.38. The van der Waals surface area contributed by atoms with Crippen molar-refractivity contribution in [1.29, 1.82) is 0 Å². The van der Waals surface area contributed by atoms with E-state index in [0.717, 1.165) is 36.4 Å². The van der Waals surface area contributed by atoms with Crippen LogP contribution in [-0.2, 0) is 11.2 Å². The zero-order chi connectivity index (χ0) is 22.5. The second-order valence-electron chi connectivity index (χ2n) is 8.38. The summed E-state index contributed by atoms with van der Waals surface area (Å²) in [5.74, 6) is 1.12. The highest BCUT2D eigenvalue weighted by Crippen LogP contribution is 2.22. The molecule has 32 heavy (non-hydrogen) atoms. The molecule has 1 N–H and O–H groups in total. The lowest BCUT2D eigenvalue weighted by Crippen LogP contribution is -2.51. The fraction of sp³-hybridized carbons (Fsp3) is 0.375. The molecule has 168 valence electrons. The minimum atomic E-state index is -0.0884. The monoisotopic (exact) mass is 434 g/mol. The van der Waals surface area contributed by atoms with Crippen LogP contribution in [0.2, 0.25) is 0 Å². The van der Waals surface area contributed by atoms with Gasteiger partial charge < -0.3 is 24.4 Å². The van der Waals surface area contributed by atoms with Crippen molar-refractivity contribution in [2.45, 2.75) is 6.42 Å². The maximum atomic E-state index is 12.7. The van der Waals surface area contributed by atoms with Crippen LogP contribution in [0.15, 0.2) is 55.0 Å². The molecule has 0 radical (unpaired) electrons. The van der Waals surface area contributed by atoms with Crippen molar-refractivity contribution in [3.8, 4) is 0 Å². The van der Waals surface area contributed by atoms with Crippen LogP contribution in [0.1, 0.15) is 15.9 Å². The number of piperazine rings is 1. The van der Waals surface area contributed by atoms with E-state index in [2.05, 4.69) is 31.7 Å². The number of carbonyl (C=O) groups is 2. The number of hydrogen-bond acceptors (Lipinski definition) is 5. The first-order valence-corrected chi connectivity index (χ1v) is 11.0. The van der Waals surface area contributed by atoms with E-state index < -0.39 is 0 Å². The van der Waals surface area contributed by atoms with Gasteiger partial charge in [0.2, 0.25) is 5.91 Å². The van der Waals surface area contributed by atoms with Crippen molar-refractivity contribution in [3.05, 3.63) is 66.1 Å². The highest BCUT2D eigenvalue weighted by molar-refractivity contribution is 5.94. The van der Waals surface area contributed by atoms with Gasteiger partial charge in [0.15, 0.2) is 0 Å². The number of rotatable bonds is 7. The summed E-state index contributed by atoms with van der Waals surface area (Å²) in [4.78, 5) is 35.2. The fourth-order valence-electron chi connectivity index (χ4n) is 4.00. The highest BCUT2D eigenvalue weighted by atomic mass is 16.2. The van der Waals surface area contributed by atoms with Gasteiger partial charge in [0.1, 0.15) is 5.82 Å². The number of nitrogens with one attached hydrogen (secondary N) is 1. The Kier molecular flexibility index (Phi) is 6.70. The molecule has 1 saturated heterocycles. The number of anilines is 1. The van der Waals surface area contributed by atoms with E-state index in [9.17, 15) is 9.59 Å². The molecule has 0 atom stereocenters. The van der Waals surface area contributed by atoms with Gasteiger partial charge in [-0.1, -0.05) is 6.07 Å². The van der Waals surface area contributed by atoms with Gasteiger partial charge in [-0.2, -0.15) is 0 Å². The molecule has 8 nitrogen and oxygen atoms in total. The molecule has 0 unspecified atom stereocenters. The Morgan fingerprint density at radius 3 is 2.56 bits per heavy atom. The molecule has 2 amide bonds. The number of amides is 2. The Balaban J connectivity index is 1.39. The van der Waals surface area contributed by atoms with Crippen molar-refractivity contribution in [2.24, 2.45) is 0 Å². The van der Waals surface area contributed by atoms with Gasteiger partial charge in [0, 0.05) is 56.8 Å². The van der Waals surface area contributed by atoms with Crippen molar-refractivity contribution in [1.82, 2.24) is 24.5 Å². The molecule has 1 aliphatic rings. The lowest BCUT2D eigenvalue weighted by atomic mass is 10.2. The van der Waals surface area contributed by atoms with Crippen molar-refractivity contribution < 1.29 is 9.59 Å². The molecule has 8 heteroatoms. The second kappa shape index (κ2) is 9.82. The van der Waals surface area contributed by atoms with Gasteiger partial charge in [-0.05, 0) is 56.4 Å². The smallest absolute Gasteiger partial charge is 0.252 e. The van der Waals surface area contributed by atoms with Crippen LogP contribution in [-0.4, -0.2) is 84.4 Å². The normalized spacial score (nSPS) is 14.2. The molecule has 0 spiro atoms. The molecule has 0 bridgehead atoms. The summed E-state index contributed by atoms with van der Waals surface area (Å²) < 4.78 is 2.06. The quantitative estimate of drug-likeness (QED) is 0.610. The van der Waals surface area contributed by atoms with Crippen molar-refractivity contribution in [3.63, 3.8) is 0 Å². The molecule has 3 aromatic heterocycles. The molecule has 3 aromatic rings. The molecule has 4 rings (SSSR count). The van der Waals surface area contributed by atoms with Crippen LogP contribution in [0, 0.1) is 0 Å². The summed E-state index contributed by atoms with van der Waals surface area (Å²) in [5.41, 5.74) is 2.76. The van der Waals surface area contributed by atoms with E-state index in [0.29, 0.717) is 31.7 Å². The molecule has 1 aliphatic heterocycles. The van der Waals surface area contributed by atoms with Crippen LogP contribution in [0.25, 0.3) is 5.52 Å². The number of hydrogen-bond donors (Lipinski definition) is 1. The van der Waals surface area contributed by atoms with Crippen molar-refractivity contribution >= 4 is 23.1 Å². The number of nitrogens with zero attached hydrogens (tertiary/aromatic N) is 5. The van der Waals surface area contributed by atoms with E-state index >= 15 is 0 Å². The Bertz CT molecular complexity index is 1070. The highest BCUT2D eigenvalue weighted by Gasteiger charge is 2.23. The SMILES string of the molecule is CN(C)CC(=O)N1CCN(c2ccc3ccc(C(=O)NCCc4cccnc4)cn23)CC1. The third kappa shape index (κ3) is 5.08. The molecular weight excluding hydrogens is 404 g/mol. The zero-order valence-electron chi connectivity index (χ0n) is 18.7. The van der Waals surface area contributed by atoms with Gasteiger partial charge in [0.05, 0.1) is 12.1 Å². The van der Waals surface area contributed by atoms with Crippen molar-refractivity contribution in [2.75, 3.05) is 58.3 Å². The molecule has 1 fully saturated rings. The average Bonchev–Trinajstić information content (AvgIpc) is 3.22. The Hall–Kier alpha value is -3.39. The van der Waals surface area contributed by atoms with E-state index in [1.54, 1.807) is 6.20 Å². The Labute approximate surface area is 188 Å². The Morgan fingerprint density at radius 1 is 1.06 bits per heavy atom. The first-order chi connectivity index (χ1) is 15.5. The summed E-state index contributed by atoms with van der Waals surface area (Å²) >= 11 is 0. The number of likely N-dealkylation sites (N-methyl/N-ethyl adjacent to an activating group) is 1. The van der Waals surface area contributed by atoms with Crippen LogP contribution in [0.3, 0.4) is 0 Å². The van der Waals surface area contributed by atoms with Crippen LogP contribution in [0.5, 0.6) is 0 Å². The number of fused-ring (bicyclic) bond motifs is 1. The molecule has 4 heterocycles. The minimum absolute atomic E-state index is 0.0884. The van der Waals surface area contributed by atoms with Crippen LogP contribution < -0.4 is 10.2 Å². The zero-order valence-corrected chi connectivity index (χ0v) is 18.7. The molecule has 0 aliphatic carbocycles. The number of aromatic nitrogens is 2. The van der Waals surface area contributed by atoms with Gasteiger partial charge in [-0.25, -0.2) is 0 Å². The van der Waals surface area contributed by atoms with Gasteiger partial charge in [-0.15, -0.1) is 0 Å². The van der Waals surface area contributed by atoms with E-state index in [-0.39, 0.29) is 11.8 Å². The maximum absolute atomic E-state index is 12.7.